The van der Waals surface area contributed by atoms with Crippen molar-refractivity contribution in [2.24, 2.45) is 5.73 Å². The fourth-order valence-electron chi connectivity index (χ4n) is 1.67. The summed E-state index contributed by atoms with van der Waals surface area (Å²) >= 11 is 12.0. The molecule has 0 aliphatic carbocycles. The first-order valence-corrected chi connectivity index (χ1v) is 7.76. The van der Waals surface area contributed by atoms with Crippen LogP contribution in [0.25, 0.3) is 0 Å². The summed E-state index contributed by atoms with van der Waals surface area (Å²) < 4.78 is 26.0. The Balaban J connectivity index is 3.43. The first kappa shape index (κ1) is 15.7. The molecule has 0 aliphatic rings. The zero-order valence-corrected chi connectivity index (χ0v) is 12.6. The Bertz CT molecular complexity index is 528. The van der Waals surface area contributed by atoms with E-state index in [1.165, 1.54) is 16.4 Å². The Morgan fingerprint density at radius 2 is 1.78 bits per heavy atom. The molecule has 0 spiro atoms. The van der Waals surface area contributed by atoms with Gasteiger partial charge in [-0.05, 0) is 12.1 Å². The second kappa shape index (κ2) is 6.21. The lowest BCUT2D eigenvalue weighted by atomic mass is 10.2. The molecule has 0 heterocycles. The predicted molar refractivity (Wildman–Crippen MR) is 74.5 cm³/mol. The standard InChI is InChI=1S/C11H16Cl2N2O2S/c1-3-15(4-2)18(16,17)10-6-5-9(12)8(7-14)11(10)13/h5-6H,3-4,7,14H2,1-2H3. The first-order chi connectivity index (χ1) is 8.39. The molecule has 0 fully saturated rings. The largest absolute Gasteiger partial charge is 0.326 e. The van der Waals surface area contributed by atoms with Crippen molar-refractivity contribution in [3.05, 3.63) is 27.7 Å². The highest BCUT2D eigenvalue weighted by atomic mass is 35.5. The van der Waals surface area contributed by atoms with Gasteiger partial charge in [0.1, 0.15) is 4.90 Å². The van der Waals surface area contributed by atoms with Crippen molar-refractivity contribution in [3.63, 3.8) is 0 Å². The van der Waals surface area contributed by atoms with E-state index in [1.54, 1.807) is 13.8 Å². The number of benzene rings is 1. The van der Waals surface area contributed by atoms with Crippen molar-refractivity contribution in [2.45, 2.75) is 25.3 Å². The molecule has 1 aromatic carbocycles. The Hall–Kier alpha value is -0.330. The van der Waals surface area contributed by atoms with Crippen molar-refractivity contribution >= 4 is 33.2 Å². The van der Waals surface area contributed by atoms with Gasteiger partial charge < -0.3 is 5.73 Å². The van der Waals surface area contributed by atoms with Gasteiger partial charge in [-0.3, -0.25) is 0 Å². The maximum absolute atomic E-state index is 12.4. The average molecular weight is 311 g/mol. The smallest absolute Gasteiger partial charge is 0.244 e. The first-order valence-electron chi connectivity index (χ1n) is 5.57. The molecule has 0 atom stereocenters. The van der Waals surface area contributed by atoms with Gasteiger partial charge >= 0.3 is 0 Å². The third-order valence-corrected chi connectivity index (χ3v) is 5.67. The maximum Gasteiger partial charge on any atom is 0.244 e. The molecule has 0 unspecified atom stereocenters. The van der Waals surface area contributed by atoms with E-state index in [0.717, 1.165) is 0 Å². The lowest BCUT2D eigenvalue weighted by molar-refractivity contribution is 0.445. The van der Waals surface area contributed by atoms with Crippen LogP contribution in [0.3, 0.4) is 0 Å². The van der Waals surface area contributed by atoms with E-state index in [9.17, 15) is 8.42 Å². The van der Waals surface area contributed by atoms with Crippen LogP contribution in [0, 0.1) is 0 Å². The van der Waals surface area contributed by atoms with Gasteiger partial charge in [0.2, 0.25) is 10.0 Å². The van der Waals surface area contributed by atoms with E-state index < -0.39 is 10.0 Å². The third kappa shape index (κ3) is 2.81. The number of hydrogen-bond acceptors (Lipinski definition) is 3. The molecule has 1 rings (SSSR count). The number of hydrogen-bond donors (Lipinski definition) is 1. The fraction of sp³-hybridized carbons (Fsp3) is 0.455. The molecule has 0 saturated carbocycles. The lowest BCUT2D eigenvalue weighted by Gasteiger charge is -2.20. The number of nitrogens with zero attached hydrogens (tertiary/aromatic N) is 1. The summed E-state index contributed by atoms with van der Waals surface area (Å²) in [6, 6.07) is 2.92. The van der Waals surface area contributed by atoms with Crippen LogP contribution < -0.4 is 5.73 Å². The van der Waals surface area contributed by atoms with Crippen molar-refractivity contribution < 1.29 is 8.42 Å². The summed E-state index contributed by atoms with van der Waals surface area (Å²) in [5.41, 5.74) is 5.98. The number of rotatable bonds is 5. The molecule has 102 valence electrons. The van der Waals surface area contributed by atoms with Gasteiger partial charge in [-0.25, -0.2) is 8.42 Å². The molecule has 18 heavy (non-hydrogen) atoms. The molecular weight excluding hydrogens is 295 g/mol. The van der Waals surface area contributed by atoms with Crippen LogP contribution in [0.5, 0.6) is 0 Å². The summed E-state index contributed by atoms with van der Waals surface area (Å²) in [5, 5.41) is 0.484. The van der Waals surface area contributed by atoms with Gasteiger partial charge in [-0.1, -0.05) is 37.0 Å². The second-order valence-corrected chi connectivity index (χ2v) is 6.32. The van der Waals surface area contributed by atoms with Gasteiger partial charge in [0.25, 0.3) is 0 Å². The third-order valence-electron chi connectivity index (χ3n) is 2.68. The predicted octanol–water partition coefficient (Wildman–Crippen LogP) is 2.48. The van der Waals surface area contributed by atoms with Crippen LogP contribution in [0.2, 0.25) is 10.0 Å². The molecule has 2 N–H and O–H groups in total. The second-order valence-electron chi connectivity index (χ2n) is 3.63. The van der Waals surface area contributed by atoms with Crippen molar-refractivity contribution in [1.29, 1.82) is 0 Å². The number of sulfonamides is 1. The molecule has 1 aromatic rings. The highest BCUT2D eigenvalue weighted by molar-refractivity contribution is 7.89. The van der Waals surface area contributed by atoms with Crippen LogP contribution in [0.15, 0.2) is 17.0 Å². The minimum absolute atomic E-state index is 0.0534. The van der Waals surface area contributed by atoms with E-state index in [4.69, 9.17) is 28.9 Å². The highest BCUT2D eigenvalue weighted by Gasteiger charge is 2.26. The Morgan fingerprint density at radius 3 is 2.22 bits per heavy atom. The van der Waals surface area contributed by atoms with E-state index in [1.807, 2.05) is 0 Å². The van der Waals surface area contributed by atoms with Crippen LogP contribution >= 0.6 is 23.2 Å². The molecule has 0 bridgehead atoms. The fourth-order valence-corrected chi connectivity index (χ4v) is 4.03. The summed E-state index contributed by atoms with van der Waals surface area (Å²) in [7, 11) is -3.59. The van der Waals surface area contributed by atoms with Crippen LogP contribution in [0.1, 0.15) is 19.4 Å². The van der Waals surface area contributed by atoms with Gasteiger partial charge in [0.05, 0.1) is 5.02 Å². The average Bonchev–Trinajstić information content (AvgIpc) is 2.30. The van der Waals surface area contributed by atoms with Crippen molar-refractivity contribution in [3.8, 4) is 0 Å². The van der Waals surface area contributed by atoms with E-state index in [0.29, 0.717) is 23.7 Å². The number of halogens is 2. The monoisotopic (exact) mass is 310 g/mol. The molecule has 0 saturated heterocycles. The molecule has 4 nitrogen and oxygen atoms in total. The Kier molecular flexibility index (Phi) is 5.43. The maximum atomic E-state index is 12.4. The normalized spacial score (nSPS) is 12.1. The zero-order valence-electron chi connectivity index (χ0n) is 10.3. The van der Waals surface area contributed by atoms with E-state index in [-0.39, 0.29) is 16.5 Å². The van der Waals surface area contributed by atoms with E-state index in [2.05, 4.69) is 0 Å². The minimum Gasteiger partial charge on any atom is -0.326 e. The minimum atomic E-state index is -3.59. The van der Waals surface area contributed by atoms with E-state index >= 15 is 0 Å². The quantitative estimate of drug-likeness (QED) is 0.908. The van der Waals surface area contributed by atoms with Crippen LogP contribution in [-0.2, 0) is 16.6 Å². The SMILES string of the molecule is CCN(CC)S(=O)(=O)c1ccc(Cl)c(CN)c1Cl. The Labute approximate surface area is 118 Å². The molecule has 0 radical (unpaired) electrons. The van der Waals surface area contributed by atoms with Gasteiger partial charge in [-0.15, -0.1) is 0 Å². The highest BCUT2D eigenvalue weighted by Crippen LogP contribution is 2.32. The molecule has 0 aromatic heterocycles. The van der Waals surface area contributed by atoms with Gasteiger partial charge in [0, 0.05) is 30.2 Å². The molecule has 0 amide bonds. The summed E-state index contributed by atoms with van der Waals surface area (Å²) in [6.07, 6.45) is 0. The van der Waals surface area contributed by atoms with Gasteiger partial charge in [-0.2, -0.15) is 4.31 Å². The molecule has 7 heteroatoms. The number of nitrogens with two attached hydrogens (primary N) is 1. The van der Waals surface area contributed by atoms with Crippen molar-refractivity contribution in [2.75, 3.05) is 13.1 Å². The summed E-state index contributed by atoms with van der Waals surface area (Å²) in [5.74, 6) is 0. The molecular formula is C11H16Cl2N2O2S. The zero-order chi connectivity index (χ0) is 13.9. The van der Waals surface area contributed by atoms with Crippen LogP contribution in [-0.4, -0.2) is 25.8 Å². The molecule has 0 aliphatic heterocycles. The lowest BCUT2D eigenvalue weighted by Crippen LogP contribution is -2.31. The Morgan fingerprint density at radius 1 is 1.22 bits per heavy atom. The van der Waals surface area contributed by atoms with Crippen molar-refractivity contribution in [1.82, 2.24) is 4.31 Å². The topological polar surface area (TPSA) is 63.4 Å². The summed E-state index contributed by atoms with van der Waals surface area (Å²) in [6.45, 7) is 4.41. The summed E-state index contributed by atoms with van der Waals surface area (Å²) in [4.78, 5) is 0.0534. The van der Waals surface area contributed by atoms with Crippen LogP contribution in [0.4, 0.5) is 0 Å². The van der Waals surface area contributed by atoms with Gasteiger partial charge in [0.15, 0.2) is 0 Å².